The molecule has 0 bridgehead atoms. The summed E-state index contributed by atoms with van der Waals surface area (Å²) in [7, 11) is 0. The first-order valence-corrected chi connectivity index (χ1v) is 6.94. The van der Waals surface area contributed by atoms with Gasteiger partial charge in [0.25, 0.3) is 11.8 Å². The molecule has 0 spiro atoms. The maximum absolute atomic E-state index is 12.2. The summed E-state index contributed by atoms with van der Waals surface area (Å²) in [6.07, 6.45) is 2.32. The molecule has 1 aromatic heterocycles. The van der Waals surface area contributed by atoms with E-state index in [2.05, 4.69) is 5.10 Å². The van der Waals surface area contributed by atoms with Gasteiger partial charge >= 0.3 is 0 Å². The Balaban J connectivity index is 1.69. The number of nitrogens with zero attached hydrogens (tertiary/aromatic N) is 3. The Morgan fingerprint density at radius 3 is 2.27 bits per heavy atom. The molecule has 7 nitrogen and oxygen atoms in total. The summed E-state index contributed by atoms with van der Waals surface area (Å²) in [4.78, 5) is 25.5. The number of β-amino-alcohol motifs (C(OH)–C–C–N with tert-alkyl or cyclic N) is 1. The number of aromatic nitrogens is 2. The van der Waals surface area contributed by atoms with Crippen LogP contribution in [0, 0.1) is 0 Å². The van der Waals surface area contributed by atoms with Crippen LogP contribution in [0.4, 0.5) is 0 Å². The number of aliphatic hydroxyl groups is 1. The SMILES string of the molecule is NC(Cn1cccn1)C(O)CN1C(=O)c2ccccc2C1=O. The smallest absolute Gasteiger partial charge is 0.261 e. The molecule has 7 heteroatoms. The predicted molar refractivity (Wildman–Crippen MR) is 78.0 cm³/mol. The van der Waals surface area contributed by atoms with Crippen LogP contribution in [0.5, 0.6) is 0 Å². The molecule has 2 unspecified atom stereocenters. The molecule has 0 fully saturated rings. The van der Waals surface area contributed by atoms with Gasteiger partial charge in [-0.3, -0.25) is 19.2 Å². The number of carbonyl (C=O) groups excluding carboxylic acids is 2. The fraction of sp³-hybridized carbons (Fsp3) is 0.267. The van der Waals surface area contributed by atoms with Crippen molar-refractivity contribution in [3.63, 3.8) is 0 Å². The molecule has 22 heavy (non-hydrogen) atoms. The molecular formula is C15H16N4O3. The highest BCUT2D eigenvalue weighted by atomic mass is 16.3. The summed E-state index contributed by atoms with van der Waals surface area (Å²) in [5.74, 6) is -0.795. The van der Waals surface area contributed by atoms with Crippen molar-refractivity contribution in [1.29, 1.82) is 0 Å². The molecule has 2 heterocycles. The normalized spacial score (nSPS) is 16.7. The summed E-state index contributed by atoms with van der Waals surface area (Å²) < 4.78 is 1.59. The Labute approximate surface area is 126 Å². The van der Waals surface area contributed by atoms with Gasteiger partial charge in [0, 0.05) is 12.4 Å². The van der Waals surface area contributed by atoms with Crippen LogP contribution in [-0.2, 0) is 6.54 Å². The highest BCUT2D eigenvalue weighted by Gasteiger charge is 2.36. The van der Waals surface area contributed by atoms with E-state index in [9.17, 15) is 14.7 Å². The molecule has 0 radical (unpaired) electrons. The Morgan fingerprint density at radius 2 is 1.73 bits per heavy atom. The topological polar surface area (TPSA) is 101 Å². The predicted octanol–water partition coefficient (Wildman–Crippen LogP) is -0.133. The van der Waals surface area contributed by atoms with E-state index in [0.29, 0.717) is 17.7 Å². The second-order valence-corrected chi connectivity index (χ2v) is 5.23. The average Bonchev–Trinajstić information content (AvgIpc) is 3.10. The van der Waals surface area contributed by atoms with E-state index in [4.69, 9.17) is 5.73 Å². The van der Waals surface area contributed by atoms with Crippen LogP contribution in [-0.4, -0.2) is 50.3 Å². The fourth-order valence-electron chi connectivity index (χ4n) is 2.47. The Kier molecular flexibility index (Phi) is 3.74. The molecule has 1 aliphatic rings. The summed E-state index contributed by atoms with van der Waals surface area (Å²) in [5.41, 5.74) is 6.65. The third-order valence-corrected chi connectivity index (χ3v) is 3.70. The first kappa shape index (κ1) is 14.4. The molecular weight excluding hydrogens is 284 g/mol. The lowest BCUT2D eigenvalue weighted by Crippen LogP contribution is -2.47. The van der Waals surface area contributed by atoms with Gasteiger partial charge in [-0.2, -0.15) is 5.10 Å². The Hall–Kier alpha value is -2.51. The van der Waals surface area contributed by atoms with E-state index < -0.39 is 24.0 Å². The monoisotopic (exact) mass is 300 g/mol. The lowest BCUT2D eigenvalue weighted by molar-refractivity contribution is 0.0495. The zero-order chi connectivity index (χ0) is 15.7. The number of amides is 2. The van der Waals surface area contributed by atoms with Crippen LogP contribution in [0.25, 0.3) is 0 Å². The Bertz CT molecular complexity index is 664. The van der Waals surface area contributed by atoms with Crippen molar-refractivity contribution in [3.05, 3.63) is 53.9 Å². The molecule has 1 aromatic carbocycles. The van der Waals surface area contributed by atoms with Crippen molar-refractivity contribution < 1.29 is 14.7 Å². The molecule has 0 saturated carbocycles. The maximum Gasteiger partial charge on any atom is 0.261 e. The second-order valence-electron chi connectivity index (χ2n) is 5.23. The molecule has 2 atom stereocenters. The minimum Gasteiger partial charge on any atom is -0.390 e. The van der Waals surface area contributed by atoms with Crippen molar-refractivity contribution in [2.75, 3.05) is 6.54 Å². The number of rotatable bonds is 5. The standard InChI is InChI=1S/C15H16N4O3/c16-12(8-18-7-3-6-17-18)13(20)9-19-14(21)10-4-1-2-5-11(10)15(19)22/h1-7,12-13,20H,8-9,16H2. The molecule has 114 valence electrons. The van der Waals surface area contributed by atoms with Crippen molar-refractivity contribution in [3.8, 4) is 0 Å². The minimum absolute atomic E-state index is 0.130. The van der Waals surface area contributed by atoms with Gasteiger partial charge in [0.2, 0.25) is 0 Å². The number of aliphatic hydroxyl groups excluding tert-OH is 1. The van der Waals surface area contributed by atoms with E-state index in [1.165, 1.54) is 0 Å². The maximum atomic E-state index is 12.2. The van der Waals surface area contributed by atoms with Gasteiger partial charge in [-0.05, 0) is 18.2 Å². The minimum atomic E-state index is -1.02. The number of fused-ring (bicyclic) bond motifs is 1. The average molecular weight is 300 g/mol. The van der Waals surface area contributed by atoms with Crippen LogP contribution in [0.15, 0.2) is 42.7 Å². The highest BCUT2D eigenvalue weighted by molar-refractivity contribution is 6.21. The summed E-state index contributed by atoms with van der Waals surface area (Å²) >= 11 is 0. The van der Waals surface area contributed by atoms with Crippen LogP contribution < -0.4 is 5.73 Å². The van der Waals surface area contributed by atoms with Crippen molar-refractivity contribution in [2.24, 2.45) is 5.73 Å². The van der Waals surface area contributed by atoms with Crippen molar-refractivity contribution >= 4 is 11.8 Å². The zero-order valence-corrected chi connectivity index (χ0v) is 11.8. The fourth-order valence-corrected chi connectivity index (χ4v) is 2.47. The quantitative estimate of drug-likeness (QED) is 0.749. The number of imide groups is 1. The molecule has 3 N–H and O–H groups in total. The van der Waals surface area contributed by atoms with Crippen LogP contribution in [0.1, 0.15) is 20.7 Å². The number of carbonyl (C=O) groups is 2. The van der Waals surface area contributed by atoms with E-state index in [-0.39, 0.29) is 6.54 Å². The molecule has 0 saturated heterocycles. The molecule has 3 rings (SSSR count). The molecule has 2 amide bonds. The van der Waals surface area contributed by atoms with E-state index in [1.807, 2.05) is 0 Å². The molecule has 2 aromatic rings. The van der Waals surface area contributed by atoms with Gasteiger partial charge in [-0.1, -0.05) is 12.1 Å². The number of benzene rings is 1. The second kappa shape index (κ2) is 5.70. The number of nitrogens with two attached hydrogens (primary N) is 1. The van der Waals surface area contributed by atoms with E-state index in [0.717, 1.165) is 4.90 Å². The van der Waals surface area contributed by atoms with Crippen LogP contribution >= 0.6 is 0 Å². The van der Waals surface area contributed by atoms with E-state index >= 15 is 0 Å². The summed E-state index contributed by atoms with van der Waals surface area (Å²) in [6, 6.07) is 7.73. The van der Waals surface area contributed by atoms with Gasteiger partial charge in [0.15, 0.2) is 0 Å². The van der Waals surface area contributed by atoms with E-state index in [1.54, 1.807) is 47.4 Å². The molecule has 1 aliphatic heterocycles. The highest BCUT2D eigenvalue weighted by Crippen LogP contribution is 2.22. The molecule has 0 aliphatic carbocycles. The first-order chi connectivity index (χ1) is 10.6. The number of hydrogen-bond donors (Lipinski definition) is 2. The Morgan fingerprint density at radius 1 is 1.09 bits per heavy atom. The third kappa shape index (κ3) is 2.51. The van der Waals surface area contributed by atoms with Crippen molar-refractivity contribution in [1.82, 2.24) is 14.7 Å². The van der Waals surface area contributed by atoms with Gasteiger partial charge in [0.1, 0.15) is 0 Å². The van der Waals surface area contributed by atoms with Gasteiger partial charge < -0.3 is 10.8 Å². The zero-order valence-electron chi connectivity index (χ0n) is 11.8. The van der Waals surface area contributed by atoms with Gasteiger partial charge in [0.05, 0.1) is 36.4 Å². The van der Waals surface area contributed by atoms with Crippen LogP contribution in [0.2, 0.25) is 0 Å². The van der Waals surface area contributed by atoms with Gasteiger partial charge in [-0.15, -0.1) is 0 Å². The lowest BCUT2D eigenvalue weighted by atomic mass is 10.1. The van der Waals surface area contributed by atoms with Crippen LogP contribution in [0.3, 0.4) is 0 Å². The lowest BCUT2D eigenvalue weighted by Gasteiger charge is -2.23. The summed E-state index contributed by atoms with van der Waals surface area (Å²) in [5, 5.41) is 14.2. The number of hydrogen-bond acceptors (Lipinski definition) is 5. The first-order valence-electron chi connectivity index (χ1n) is 6.94. The largest absolute Gasteiger partial charge is 0.390 e. The summed E-state index contributed by atoms with van der Waals surface area (Å²) in [6.45, 7) is 0.173. The van der Waals surface area contributed by atoms with Crippen molar-refractivity contribution in [2.45, 2.75) is 18.7 Å². The third-order valence-electron chi connectivity index (χ3n) is 3.70. The van der Waals surface area contributed by atoms with Gasteiger partial charge in [-0.25, -0.2) is 0 Å².